The van der Waals surface area contributed by atoms with Gasteiger partial charge in [-0.1, -0.05) is 37.3 Å². The number of rotatable bonds is 7. The molecule has 2 aliphatic heterocycles. The zero-order valence-corrected chi connectivity index (χ0v) is 16.9. The first-order valence-corrected chi connectivity index (χ1v) is 9.89. The van der Waals surface area contributed by atoms with E-state index in [4.69, 9.17) is 14.2 Å². The molecule has 2 aliphatic rings. The fourth-order valence-corrected chi connectivity index (χ4v) is 3.87. The van der Waals surface area contributed by atoms with Gasteiger partial charge in [0.15, 0.2) is 6.29 Å². The Morgan fingerprint density at radius 3 is 2.64 bits per heavy atom. The third-order valence-electron chi connectivity index (χ3n) is 5.36. The van der Waals surface area contributed by atoms with Gasteiger partial charge in [0.2, 0.25) is 11.8 Å². The molecule has 0 radical (unpaired) electrons. The van der Waals surface area contributed by atoms with Crippen LogP contribution in [0.1, 0.15) is 33.3 Å². The Bertz CT molecular complexity index is 683. The van der Waals surface area contributed by atoms with Gasteiger partial charge in [-0.3, -0.25) is 9.59 Å². The number of hydrogen-bond acceptors (Lipinski definition) is 5. The molecular weight excluding hydrogens is 360 g/mol. The molecular formula is C21H30N2O5. The Kier molecular flexibility index (Phi) is 6.69. The number of carbonyl (C=O) groups is 2. The molecule has 2 N–H and O–H groups in total. The van der Waals surface area contributed by atoms with E-state index in [2.05, 4.69) is 10.6 Å². The minimum Gasteiger partial charge on any atom is -0.363 e. The predicted molar refractivity (Wildman–Crippen MR) is 103 cm³/mol. The van der Waals surface area contributed by atoms with Gasteiger partial charge in [0, 0.05) is 18.9 Å². The zero-order valence-electron chi connectivity index (χ0n) is 16.9. The summed E-state index contributed by atoms with van der Waals surface area (Å²) in [6.07, 6.45) is -0.895. The van der Waals surface area contributed by atoms with Crippen molar-refractivity contribution in [2.24, 2.45) is 5.92 Å². The highest BCUT2D eigenvalue weighted by molar-refractivity contribution is 5.80. The summed E-state index contributed by atoms with van der Waals surface area (Å²) in [5.41, 5.74) is 1.17. The molecule has 28 heavy (non-hydrogen) atoms. The van der Waals surface area contributed by atoms with Crippen LogP contribution in [-0.2, 0) is 30.2 Å². The van der Waals surface area contributed by atoms with Crippen LogP contribution in [-0.4, -0.2) is 55.1 Å². The van der Waals surface area contributed by atoms with Gasteiger partial charge >= 0.3 is 0 Å². The maximum atomic E-state index is 12.6. The molecule has 154 valence electrons. The van der Waals surface area contributed by atoms with Gasteiger partial charge < -0.3 is 24.8 Å². The smallest absolute Gasteiger partial charge is 0.249 e. The lowest BCUT2D eigenvalue weighted by Crippen LogP contribution is -2.59. The van der Waals surface area contributed by atoms with Crippen LogP contribution in [0.4, 0.5) is 0 Å². The Balaban J connectivity index is 1.59. The van der Waals surface area contributed by atoms with Crippen molar-refractivity contribution in [1.29, 1.82) is 0 Å². The van der Waals surface area contributed by atoms with Gasteiger partial charge in [-0.2, -0.15) is 0 Å². The average molecular weight is 390 g/mol. The monoisotopic (exact) mass is 390 g/mol. The highest BCUT2D eigenvalue weighted by Gasteiger charge is 2.50. The number of benzene rings is 1. The SMILES string of the molecule is CC(=O)N[C@H]1[C@@H]2OC[C@@H](O2)[C@@H](C)[C@@H]1O[C@H](C)C(=O)N[C@H](C)Cc1ccccc1. The lowest BCUT2D eigenvalue weighted by Gasteiger charge is -2.40. The van der Waals surface area contributed by atoms with Crippen molar-refractivity contribution < 1.29 is 23.8 Å². The molecule has 3 rings (SSSR count). The molecule has 0 unspecified atom stereocenters. The number of amides is 2. The molecule has 0 saturated carbocycles. The Morgan fingerprint density at radius 2 is 1.96 bits per heavy atom. The van der Waals surface area contributed by atoms with E-state index in [-0.39, 0.29) is 36.0 Å². The number of ether oxygens (including phenoxy) is 3. The summed E-state index contributed by atoms with van der Waals surface area (Å²) in [4.78, 5) is 24.3. The van der Waals surface area contributed by atoms with Crippen molar-refractivity contribution >= 4 is 11.8 Å². The molecule has 0 aromatic heterocycles. The molecule has 2 amide bonds. The lowest BCUT2D eigenvalue weighted by molar-refractivity contribution is -0.190. The topological polar surface area (TPSA) is 85.9 Å². The van der Waals surface area contributed by atoms with Crippen LogP contribution in [0.15, 0.2) is 30.3 Å². The van der Waals surface area contributed by atoms with Gasteiger partial charge in [0.05, 0.1) is 18.8 Å². The number of hydrogen-bond donors (Lipinski definition) is 2. The highest BCUT2D eigenvalue weighted by Crippen LogP contribution is 2.34. The third-order valence-corrected chi connectivity index (χ3v) is 5.36. The number of carbonyl (C=O) groups excluding carboxylic acids is 2. The van der Waals surface area contributed by atoms with Gasteiger partial charge in [-0.15, -0.1) is 0 Å². The summed E-state index contributed by atoms with van der Waals surface area (Å²) in [5, 5.41) is 5.87. The number of nitrogens with one attached hydrogen (secondary N) is 2. The van der Waals surface area contributed by atoms with E-state index < -0.39 is 18.4 Å². The molecule has 2 bridgehead atoms. The molecule has 7 atom stereocenters. The normalized spacial score (nSPS) is 31.1. The summed E-state index contributed by atoms with van der Waals surface area (Å²) in [6, 6.07) is 9.57. The third kappa shape index (κ3) is 4.90. The van der Waals surface area contributed by atoms with Crippen molar-refractivity contribution in [3.05, 3.63) is 35.9 Å². The summed E-state index contributed by atoms with van der Waals surface area (Å²) < 4.78 is 17.6. The molecule has 1 aromatic carbocycles. The van der Waals surface area contributed by atoms with Crippen LogP contribution in [0.25, 0.3) is 0 Å². The van der Waals surface area contributed by atoms with E-state index in [1.807, 2.05) is 44.2 Å². The van der Waals surface area contributed by atoms with E-state index in [9.17, 15) is 9.59 Å². The fourth-order valence-electron chi connectivity index (χ4n) is 3.87. The second kappa shape index (κ2) is 9.03. The van der Waals surface area contributed by atoms with Gasteiger partial charge in [0.1, 0.15) is 12.1 Å². The van der Waals surface area contributed by atoms with Crippen molar-refractivity contribution in [3.63, 3.8) is 0 Å². The molecule has 2 saturated heterocycles. The van der Waals surface area contributed by atoms with Crippen LogP contribution >= 0.6 is 0 Å². The first-order valence-electron chi connectivity index (χ1n) is 9.89. The number of fused-ring (bicyclic) bond motifs is 2. The molecule has 0 spiro atoms. The van der Waals surface area contributed by atoms with Gasteiger partial charge in [-0.25, -0.2) is 0 Å². The van der Waals surface area contributed by atoms with Gasteiger partial charge in [-0.05, 0) is 25.8 Å². The van der Waals surface area contributed by atoms with Crippen LogP contribution in [0.5, 0.6) is 0 Å². The molecule has 7 heteroatoms. The summed E-state index contributed by atoms with van der Waals surface area (Å²) in [6.45, 7) is 7.63. The second-order valence-corrected chi connectivity index (χ2v) is 7.80. The first kappa shape index (κ1) is 20.8. The molecule has 2 heterocycles. The fraction of sp³-hybridized carbons (Fsp3) is 0.619. The summed E-state index contributed by atoms with van der Waals surface area (Å²) in [7, 11) is 0. The first-order chi connectivity index (χ1) is 13.3. The van der Waals surface area contributed by atoms with Crippen molar-refractivity contribution in [2.45, 2.75) is 70.8 Å². The Labute approximate surface area is 166 Å². The average Bonchev–Trinajstić information content (AvgIpc) is 3.09. The van der Waals surface area contributed by atoms with Crippen molar-refractivity contribution in [1.82, 2.24) is 10.6 Å². The van der Waals surface area contributed by atoms with E-state index >= 15 is 0 Å². The van der Waals surface area contributed by atoms with Crippen LogP contribution in [0.2, 0.25) is 0 Å². The maximum Gasteiger partial charge on any atom is 0.249 e. The quantitative estimate of drug-likeness (QED) is 0.735. The van der Waals surface area contributed by atoms with Gasteiger partial charge in [0.25, 0.3) is 0 Å². The van der Waals surface area contributed by atoms with Crippen LogP contribution in [0.3, 0.4) is 0 Å². The standard InChI is InChI=1S/C21H30N2O5/c1-12(10-16-8-6-5-7-9-16)22-20(25)14(3)27-19-13(2)17-11-26-21(28-17)18(19)23-15(4)24/h5-9,12-14,17-19,21H,10-11H2,1-4H3,(H,22,25)(H,23,24)/t12-,13-,14-,17-,18-,19+,21-/m1/s1. The van der Waals surface area contributed by atoms with E-state index in [0.717, 1.165) is 6.42 Å². The molecule has 7 nitrogen and oxygen atoms in total. The zero-order chi connectivity index (χ0) is 20.3. The van der Waals surface area contributed by atoms with E-state index in [1.165, 1.54) is 12.5 Å². The minimum atomic E-state index is -0.653. The minimum absolute atomic E-state index is 0.00686. The maximum absolute atomic E-state index is 12.6. The van der Waals surface area contributed by atoms with Crippen molar-refractivity contribution in [3.8, 4) is 0 Å². The van der Waals surface area contributed by atoms with E-state index in [1.54, 1.807) is 6.92 Å². The summed E-state index contributed by atoms with van der Waals surface area (Å²) >= 11 is 0. The Morgan fingerprint density at radius 1 is 1.25 bits per heavy atom. The van der Waals surface area contributed by atoms with Crippen molar-refractivity contribution in [2.75, 3.05) is 6.61 Å². The lowest BCUT2D eigenvalue weighted by atomic mass is 9.90. The van der Waals surface area contributed by atoms with Crippen LogP contribution < -0.4 is 10.6 Å². The Hall–Kier alpha value is -1.96. The largest absolute Gasteiger partial charge is 0.363 e. The van der Waals surface area contributed by atoms with Crippen LogP contribution in [0, 0.1) is 5.92 Å². The predicted octanol–water partition coefficient (Wildman–Crippen LogP) is 1.40. The van der Waals surface area contributed by atoms with E-state index in [0.29, 0.717) is 6.61 Å². The molecule has 1 aromatic rings. The molecule has 2 fully saturated rings. The highest BCUT2D eigenvalue weighted by atomic mass is 16.7. The molecule has 0 aliphatic carbocycles. The second-order valence-electron chi connectivity index (χ2n) is 7.80. The summed E-state index contributed by atoms with van der Waals surface area (Å²) in [5.74, 6) is -0.360.